The van der Waals surface area contributed by atoms with Crippen LogP contribution in [0.1, 0.15) is 16.1 Å². The fourth-order valence-electron chi connectivity index (χ4n) is 1.53. The maximum atomic E-state index is 12.4. The van der Waals surface area contributed by atoms with E-state index in [1.165, 1.54) is 26.5 Å². The zero-order valence-corrected chi connectivity index (χ0v) is 12.2. The molecule has 0 N–H and O–H groups in total. The highest BCUT2D eigenvalue weighted by molar-refractivity contribution is 6.42. The summed E-state index contributed by atoms with van der Waals surface area (Å²) in [6.07, 6.45) is 1.34. The van der Waals surface area contributed by atoms with Crippen molar-refractivity contribution in [3.8, 4) is 11.8 Å². The molecule has 0 spiro atoms. The molecule has 0 saturated carbocycles. The summed E-state index contributed by atoms with van der Waals surface area (Å²) in [7, 11) is 2.85. The summed E-state index contributed by atoms with van der Waals surface area (Å²) < 4.78 is 9.98. The van der Waals surface area contributed by atoms with E-state index in [1.807, 2.05) is 0 Å². The molecule has 0 atom stereocenters. The molecule has 0 aliphatic heterocycles. The molecular weight excluding hydrogens is 303 g/mol. The number of hydrogen-bond donors (Lipinski definition) is 0. The molecule has 20 heavy (non-hydrogen) atoms. The summed E-state index contributed by atoms with van der Waals surface area (Å²) in [5.41, 5.74) is 0.420. The molecule has 0 unspecified atom stereocenters. The van der Waals surface area contributed by atoms with Gasteiger partial charge >= 0.3 is 0 Å². The second-order valence-corrected chi connectivity index (χ2v) is 4.54. The first-order chi connectivity index (χ1) is 9.56. The molecule has 0 amide bonds. The van der Waals surface area contributed by atoms with E-state index in [1.54, 1.807) is 12.1 Å². The predicted octanol–water partition coefficient (Wildman–Crippen LogP) is 3.03. The number of rotatable bonds is 4. The molecule has 0 fully saturated rings. The second-order valence-electron chi connectivity index (χ2n) is 3.73. The number of carbonyl (C=O) groups excluding carboxylic acids is 1. The number of ether oxygens (including phenoxy) is 2. The normalized spacial score (nSPS) is 10.2. The molecule has 1 aromatic heterocycles. The van der Waals surface area contributed by atoms with Crippen LogP contribution in [0.2, 0.25) is 10.0 Å². The first-order valence-corrected chi connectivity index (χ1v) is 6.27. The Kier molecular flexibility index (Phi) is 4.42. The van der Waals surface area contributed by atoms with E-state index in [0.717, 1.165) is 0 Å². The minimum Gasteiger partial charge on any atom is -0.480 e. The highest BCUT2D eigenvalue weighted by atomic mass is 35.5. The van der Waals surface area contributed by atoms with E-state index in [-0.39, 0.29) is 28.3 Å². The van der Waals surface area contributed by atoms with E-state index in [9.17, 15) is 4.79 Å². The largest absolute Gasteiger partial charge is 0.480 e. The van der Waals surface area contributed by atoms with Crippen molar-refractivity contribution < 1.29 is 14.3 Å². The first-order valence-electron chi connectivity index (χ1n) is 5.51. The lowest BCUT2D eigenvalue weighted by molar-refractivity contribution is 0.103. The molecule has 0 radical (unpaired) electrons. The van der Waals surface area contributed by atoms with Crippen molar-refractivity contribution in [2.45, 2.75) is 0 Å². The summed E-state index contributed by atoms with van der Waals surface area (Å²) in [6, 6.07) is 4.57. The van der Waals surface area contributed by atoms with E-state index >= 15 is 0 Å². The Hall–Kier alpha value is -1.85. The van der Waals surface area contributed by atoms with Crippen LogP contribution >= 0.6 is 23.2 Å². The van der Waals surface area contributed by atoms with Crippen molar-refractivity contribution in [2.75, 3.05) is 14.2 Å². The molecule has 0 aliphatic carbocycles. The van der Waals surface area contributed by atoms with Gasteiger partial charge in [-0.3, -0.25) is 4.79 Å². The molecule has 104 valence electrons. The van der Waals surface area contributed by atoms with Gasteiger partial charge in [0.2, 0.25) is 17.5 Å². The monoisotopic (exact) mass is 312 g/mol. The molecule has 0 aliphatic rings. The van der Waals surface area contributed by atoms with Crippen molar-refractivity contribution in [1.29, 1.82) is 0 Å². The van der Waals surface area contributed by atoms with Gasteiger partial charge < -0.3 is 9.47 Å². The molecule has 5 nitrogen and oxygen atoms in total. The molecule has 1 heterocycles. The molecule has 1 aromatic carbocycles. The number of methoxy groups -OCH3 is 2. The third-order valence-electron chi connectivity index (χ3n) is 2.52. The van der Waals surface area contributed by atoms with Crippen LogP contribution in [0.3, 0.4) is 0 Å². The third kappa shape index (κ3) is 2.84. The Labute approximate surface area is 125 Å². The van der Waals surface area contributed by atoms with Crippen LogP contribution < -0.4 is 9.47 Å². The van der Waals surface area contributed by atoms with E-state index in [2.05, 4.69) is 9.97 Å². The topological polar surface area (TPSA) is 61.3 Å². The number of carbonyl (C=O) groups is 1. The summed E-state index contributed by atoms with van der Waals surface area (Å²) in [6.45, 7) is 0. The smallest absolute Gasteiger partial charge is 0.247 e. The number of nitrogens with zero attached hydrogens (tertiary/aromatic N) is 2. The van der Waals surface area contributed by atoms with Crippen LogP contribution in [-0.4, -0.2) is 30.0 Å². The average Bonchev–Trinajstić information content (AvgIpc) is 2.48. The van der Waals surface area contributed by atoms with Gasteiger partial charge in [-0.25, -0.2) is 4.98 Å². The number of benzene rings is 1. The van der Waals surface area contributed by atoms with E-state index in [4.69, 9.17) is 32.7 Å². The molecule has 7 heteroatoms. The van der Waals surface area contributed by atoms with Crippen molar-refractivity contribution in [1.82, 2.24) is 9.97 Å². The Balaban J connectivity index is 2.44. The molecular formula is C13H10Cl2N2O3. The number of aromatic nitrogens is 2. The van der Waals surface area contributed by atoms with Crippen LogP contribution in [0.15, 0.2) is 24.4 Å². The van der Waals surface area contributed by atoms with Gasteiger partial charge in [-0.15, -0.1) is 0 Å². The average molecular weight is 313 g/mol. The van der Waals surface area contributed by atoms with E-state index < -0.39 is 0 Å². The molecule has 0 saturated heterocycles. The van der Waals surface area contributed by atoms with Gasteiger partial charge in [0.05, 0.1) is 30.5 Å². The van der Waals surface area contributed by atoms with Gasteiger partial charge in [-0.05, 0) is 18.2 Å². The van der Waals surface area contributed by atoms with Crippen molar-refractivity contribution in [3.63, 3.8) is 0 Å². The van der Waals surface area contributed by atoms with Gasteiger partial charge in [0.1, 0.15) is 0 Å². The fraction of sp³-hybridized carbons (Fsp3) is 0.154. The lowest BCUT2D eigenvalue weighted by atomic mass is 10.1. The Morgan fingerprint density at radius 2 is 1.90 bits per heavy atom. The Morgan fingerprint density at radius 3 is 2.50 bits per heavy atom. The zero-order valence-electron chi connectivity index (χ0n) is 10.7. The van der Waals surface area contributed by atoms with E-state index in [0.29, 0.717) is 10.6 Å². The van der Waals surface area contributed by atoms with Crippen LogP contribution in [0, 0.1) is 0 Å². The molecule has 0 bridgehead atoms. The first kappa shape index (κ1) is 14.6. The number of hydrogen-bond acceptors (Lipinski definition) is 5. The van der Waals surface area contributed by atoms with Crippen molar-refractivity contribution in [3.05, 3.63) is 45.7 Å². The van der Waals surface area contributed by atoms with Gasteiger partial charge in [-0.2, -0.15) is 4.98 Å². The van der Waals surface area contributed by atoms with Gasteiger partial charge in [0.15, 0.2) is 5.69 Å². The standard InChI is InChI=1S/C13H10Cl2N2O3/c1-19-10-6-16-11(13(17-10)20-2)12(18)7-3-4-8(14)9(15)5-7/h3-6H,1-2H3. The third-order valence-corrected chi connectivity index (χ3v) is 3.26. The fourth-order valence-corrected chi connectivity index (χ4v) is 1.83. The number of ketones is 1. The van der Waals surface area contributed by atoms with Crippen LogP contribution in [-0.2, 0) is 0 Å². The number of halogens is 2. The van der Waals surface area contributed by atoms with Crippen molar-refractivity contribution in [2.24, 2.45) is 0 Å². The highest BCUT2D eigenvalue weighted by Crippen LogP contribution is 2.25. The molecule has 2 aromatic rings. The minimum absolute atomic E-state index is 0.0756. The lowest BCUT2D eigenvalue weighted by Gasteiger charge is -2.07. The Morgan fingerprint density at radius 1 is 1.15 bits per heavy atom. The second kappa shape index (κ2) is 6.07. The lowest BCUT2D eigenvalue weighted by Crippen LogP contribution is -2.08. The highest BCUT2D eigenvalue weighted by Gasteiger charge is 2.19. The minimum atomic E-state index is -0.365. The van der Waals surface area contributed by atoms with Gasteiger partial charge in [-0.1, -0.05) is 23.2 Å². The summed E-state index contributed by atoms with van der Waals surface area (Å²) in [4.78, 5) is 20.4. The van der Waals surface area contributed by atoms with Gasteiger partial charge in [0.25, 0.3) is 0 Å². The maximum absolute atomic E-state index is 12.4. The van der Waals surface area contributed by atoms with Gasteiger partial charge in [0, 0.05) is 5.56 Å². The van der Waals surface area contributed by atoms with Crippen LogP contribution in [0.25, 0.3) is 0 Å². The zero-order chi connectivity index (χ0) is 14.7. The summed E-state index contributed by atoms with van der Waals surface area (Å²) in [5.74, 6) is -0.0245. The van der Waals surface area contributed by atoms with Crippen LogP contribution in [0.5, 0.6) is 11.8 Å². The maximum Gasteiger partial charge on any atom is 0.247 e. The van der Waals surface area contributed by atoms with Crippen molar-refractivity contribution >= 4 is 29.0 Å². The summed E-state index contributed by atoms with van der Waals surface area (Å²) in [5, 5.41) is 0.661. The Bertz CT molecular complexity index is 662. The summed E-state index contributed by atoms with van der Waals surface area (Å²) >= 11 is 11.7. The van der Waals surface area contributed by atoms with Crippen LogP contribution in [0.4, 0.5) is 0 Å². The quantitative estimate of drug-likeness (QED) is 0.812. The molecule has 2 rings (SSSR count). The SMILES string of the molecule is COc1cnc(C(=O)c2ccc(Cl)c(Cl)c2)c(OC)n1. The predicted molar refractivity (Wildman–Crippen MR) is 75.0 cm³/mol.